The largest absolute Gasteiger partial charge is 0.371 e. The summed E-state index contributed by atoms with van der Waals surface area (Å²) >= 11 is 0. The maximum absolute atomic E-state index is 2.64. The van der Waals surface area contributed by atoms with Crippen LogP contribution in [0.3, 0.4) is 0 Å². The highest BCUT2D eigenvalue weighted by Crippen LogP contribution is 2.41. The van der Waals surface area contributed by atoms with Gasteiger partial charge in [0.15, 0.2) is 0 Å². The van der Waals surface area contributed by atoms with Crippen molar-refractivity contribution in [3.63, 3.8) is 0 Å². The van der Waals surface area contributed by atoms with Crippen LogP contribution < -0.4 is 0 Å². The Balaban J connectivity index is 1.61. The third-order valence-electron chi connectivity index (χ3n) is 6.09. The molecule has 1 nitrogen and oxygen atoms in total. The van der Waals surface area contributed by atoms with Gasteiger partial charge < -0.3 is 4.90 Å². The second-order valence-corrected chi connectivity index (χ2v) is 7.45. The molecule has 0 atom stereocenters. The Kier molecular flexibility index (Phi) is 3.47. The lowest BCUT2D eigenvalue weighted by atomic mass is 9.79. The van der Waals surface area contributed by atoms with Crippen molar-refractivity contribution < 1.29 is 0 Å². The molecule has 2 aromatic carbocycles. The van der Waals surface area contributed by atoms with Crippen LogP contribution in [0.2, 0.25) is 0 Å². The van der Waals surface area contributed by atoms with Crippen LogP contribution in [0, 0.1) is 0 Å². The van der Waals surface area contributed by atoms with Crippen LogP contribution in [-0.4, -0.2) is 18.0 Å². The number of hydrogen-bond donors (Lipinski definition) is 0. The standard InChI is InChI=1S/C23H25N/c1-4-15-24(16-5-1)23-10-6-9-19-21-12-11-17-7-2-3-8-18(17)20(21)13-14-22(19)23/h2-3,7-8,10,13-14H,1,4-6,9,11-12,15-16H2. The molecule has 1 fully saturated rings. The van der Waals surface area contributed by atoms with Crippen LogP contribution in [0.4, 0.5) is 0 Å². The molecule has 0 N–H and O–H groups in total. The van der Waals surface area contributed by atoms with Gasteiger partial charge in [0, 0.05) is 24.4 Å². The Labute approximate surface area is 145 Å². The lowest BCUT2D eigenvalue weighted by Crippen LogP contribution is -2.29. The van der Waals surface area contributed by atoms with Gasteiger partial charge in [-0.15, -0.1) is 0 Å². The molecule has 0 saturated carbocycles. The minimum absolute atomic E-state index is 1.20. The second kappa shape index (κ2) is 5.81. The number of hydrogen-bond acceptors (Lipinski definition) is 1. The smallest absolute Gasteiger partial charge is 0.0402 e. The zero-order chi connectivity index (χ0) is 15.9. The molecule has 24 heavy (non-hydrogen) atoms. The van der Waals surface area contributed by atoms with E-state index >= 15 is 0 Å². The summed E-state index contributed by atoms with van der Waals surface area (Å²) in [4.78, 5) is 2.64. The summed E-state index contributed by atoms with van der Waals surface area (Å²) in [5.41, 5.74) is 10.8. The molecule has 5 rings (SSSR count). The van der Waals surface area contributed by atoms with E-state index in [0.29, 0.717) is 0 Å². The molecule has 122 valence electrons. The van der Waals surface area contributed by atoms with E-state index in [0.717, 1.165) is 0 Å². The Morgan fingerprint density at radius 2 is 1.46 bits per heavy atom. The van der Waals surface area contributed by atoms with Gasteiger partial charge in [-0.05, 0) is 72.8 Å². The number of allylic oxidation sites excluding steroid dienone is 1. The molecule has 1 heterocycles. The van der Waals surface area contributed by atoms with Crippen LogP contribution in [-0.2, 0) is 19.3 Å². The molecule has 0 bridgehead atoms. The maximum atomic E-state index is 2.64. The maximum Gasteiger partial charge on any atom is 0.0402 e. The zero-order valence-electron chi connectivity index (χ0n) is 14.4. The van der Waals surface area contributed by atoms with Gasteiger partial charge in [-0.25, -0.2) is 0 Å². The monoisotopic (exact) mass is 315 g/mol. The molecule has 1 saturated heterocycles. The number of aryl methyl sites for hydroxylation is 1. The Morgan fingerprint density at radius 3 is 2.38 bits per heavy atom. The van der Waals surface area contributed by atoms with Crippen molar-refractivity contribution in [3.05, 3.63) is 64.7 Å². The van der Waals surface area contributed by atoms with E-state index in [1.165, 1.54) is 86.0 Å². The number of piperidine rings is 1. The zero-order valence-corrected chi connectivity index (χ0v) is 14.4. The predicted molar refractivity (Wildman–Crippen MR) is 101 cm³/mol. The van der Waals surface area contributed by atoms with Gasteiger partial charge in [-0.2, -0.15) is 0 Å². The molecule has 0 amide bonds. The molecule has 0 aromatic heterocycles. The summed E-state index contributed by atoms with van der Waals surface area (Å²) in [5, 5.41) is 0. The van der Waals surface area contributed by atoms with Gasteiger partial charge >= 0.3 is 0 Å². The van der Waals surface area contributed by atoms with Crippen LogP contribution >= 0.6 is 0 Å². The fraction of sp³-hybridized carbons (Fsp3) is 0.391. The van der Waals surface area contributed by atoms with Gasteiger partial charge in [0.2, 0.25) is 0 Å². The Hall–Kier alpha value is -2.02. The van der Waals surface area contributed by atoms with Crippen molar-refractivity contribution in [1.29, 1.82) is 0 Å². The summed E-state index contributed by atoms with van der Waals surface area (Å²) in [7, 11) is 0. The van der Waals surface area contributed by atoms with Crippen LogP contribution in [0.25, 0.3) is 16.8 Å². The highest BCUT2D eigenvalue weighted by Gasteiger charge is 2.25. The van der Waals surface area contributed by atoms with Crippen molar-refractivity contribution >= 4 is 5.70 Å². The van der Waals surface area contributed by atoms with Gasteiger partial charge in [-0.3, -0.25) is 0 Å². The average molecular weight is 315 g/mol. The second-order valence-electron chi connectivity index (χ2n) is 7.45. The molecule has 2 aliphatic carbocycles. The minimum Gasteiger partial charge on any atom is -0.371 e. The molecule has 3 aliphatic rings. The van der Waals surface area contributed by atoms with E-state index < -0.39 is 0 Å². The number of likely N-dealkylation sites (tertiary alicyclic amines) is 1. The fourth-order valence-corrected chi connectivity index (χ4v) is 4.91. The molecule has 0 spiro atoms. The van der Waals surface area contributed by atoms with Crippen molar-refractivity contribution in [2.75, 3.05) is 13.1 Å². The Morgan fingerprint density at radius 1 is 0.667 bits per heavy atom. The number of benzene rings is 2. The molecule has 0 radical (unpaired) electrons. The highest BCUT2D eigenvalue weighted by atomic mass is 15.1. The van der Waals surface area contributed by atoms with Crippen LogP contribution in [0.1, 0.15) is 47.9 Å². The molecule has 0 unspecified atom stereocenters. The van der Waals surface area contributed by atoms with E-state index in [-0.39, 0.29) is 0 Å². The topological polar surface area (TPSA) is 3.24 Å². The normalized spacial score (nSPS) is 19.2. The minimum atomic E-state index is 1.20. The van der Waals surface area contributed by atoms with Crippen LogP contribution in [0.15, 0.2) is 42.5 Å². The van der Waals surface area contributed by atoms with E-state index in [1.807, 2.05) is 0 Å². The van der Waals surface area contributed by atoms with E-state index in [4.69, 9.17) is 0 Å². The molecule has 1 heteroatoms. The van der Waals surface area contributed by atoms with Gasteiger partial charge in [0.25, 0.3) is 0 Å². The lowest BCUT2D eigenvalue weighted by molar-refractivity contribution is 0.324. The van der Waals surface area contributed by atoms with Gasteiger partial charge in [0.05, 0.1) is 0 Å². The highest BCUT2D eigenvalue weighted by molar-refractivity contribution is 5.80. The quantitative estimate of drug-likeness (QED) is 0.697. The summed E-state index contributed by atoms with van der Waals surface area (Å²) in [6.45, 7) is 2.48. The van der Waals surface area contributed by atoms with Gasteiger partial charge in [0.1, 0.15) is 0 Å². The van der Waals surface area contributed by atoms with Gasteiger partial charge in [-0.1, -0.05) is 42.5 Å². The summed E-state index contributed by atoms with van der Waals surface area (Å²) in [5.74, 6) is 0. The van der Waals surface area contributed by atoms with E-state index in [9.17, 15) is 0 Å². The number of rotatable bonds is 1. The van der Waals surface area contributed by atoms with Crippen molar-refractivity contribution in [3.8, 4) is 11.1 Å². The molecule has 2 aromatic rings. The van der Waals surface area contributed by atoms with E-state index in [1.54, 1.807) is 11.1 Å². The SMILES string of the molecule is C1=C(N2CCCCC2)c2ccc3c(c2CC1)CCc1ccccc1-3. The Bertz CT molecular complexity index is 809. The summed E-state index contributed by atoms with van der Waals surface area (Å²) in [6, 6.07) is 13.8. The lowest BCUT2D eigenvalue weighted by Gasteiger charge is -2.35. The first-order chi connectivity index (χ1) is 11.9. The third-order valence-corrected chi connectivity index (χ3v) is 6.09. The first kappa shape index (κ1) is 14.3. The first-order valence-corrected chi connectivity index (χ1v) is 9.60. The predicted octanol–water partition coefficient (Wildman–Crippen LogP) is 5.23. The van der Waals surface area contributed by atoms with Crippen molar-refractivity contribution in [2.24, 2.45) is 0 Å². The van der Waals surface area contributed by atoms with Crippen LogP contribution in [0.5, 0.6) is 0 Å². The molecular weight excluding hydrogens is 290 g/mol. The number of fused-ring (bicyclic) bond motifs is 5. The van der Waals surface area contributed by atoms with Crippen molar-refractivity contribution in [2.45, 2.75) is 44.9 Å². The number of nitrogens with zero attached hydrogens (tertiary/aromatic N) is 1. The molecule has 1 aliphatic heterocycles. The molecular formula is C23H25N. The summed E-state index contributed by atoms with van der Waals surface area (Å²) < 4.78 is 0. The summed E-state index contributed by atoms with van der Waals surface area (Å²) in [6.07, 6.45) is 11.4. The third kappa shape index (κ3) is 2.22. The fourth-order valence-electron chi connectivity index (χ4n) is 4.91. The first-order valence-electron chi connectivity index (χ1n) is 9.60. The van der Waals surface area contributed by atoms with E-state index in [2.05, 4.69) is 47.4 Å². The van der Waals surface area contributed by atoms with Crippen molar-refractivity contribution in [1.82, 2.24) is 4.90 Å². The average Bonchev–Trinajstić information content (AvgIpc) is 2.67.